The number of hydrogen-bond acceptors (Lipinski definition) is 2. The van der Waals surface area contributed by atoms with Crippen LogP contribution in [0.4, 0.5) is 22.7 Å². The van der Waals surface area contributed by atoms with Crippen LogP contribution < -0.4 is 9.80 Å². The van der Waals surface area contributed by atoms with Crippen LogP contribution in [0.1, 0.15) is 137 Å². The van der Waals surface area contributed by atoms with E-state index >= 15 is 0 Å². The summed E-state index contributed by atoms with van der Waals surface area (Å²) in [5.74, 6) is 0.370. The molecule has 0 fully saturated rings. The Morgan fingerprint density at radius 1 is 0.573 bits per heavy atom. The summed E-state index contributed by atoms with van der Waals surface area (Å²) < 4.78 is 0. The summed E-state index contributed by atoms with van der Waals surface area (Å²) in [6, 6.07) is 49.4. The Kier molecular flexibility index (Phi) is 10.0. The van der Waals surface area contributed by atoms with E-state index in [2.05, 4.69) is 253 Å². The van der Waals surface area contributed by atoms with E-state index < -0.39 is 5.41 Å². The third-order valence-corrected chi connectivity index (χ3v) is 19.0. The van der Waals surface area contributed by atoms with Gasteiger partial charge in [0.1, 0.15) is 0 Å². The first-order chi connectivity index (χ1) is 36.3. The molecule has 2 heterocycles. The number of allylic oxidation sites excluding steroid dienone is 17. The Labute approximate surface area is 445 Å². The van der Waals surface area contributed by atoms with Gasteiger partial charge in [-0.3, -0.25) is 0 Å². The number of fused-ring (bicyclic) bond motifs is 14. The Morgan fingerprint density at radius 3 is 2.03 bits per heavy atom. The van der Waals surface area contributed by atoms with Gasteiger partial charge in [0, 0.05) is 50.6 Å². The van der Waals surface area contributed by atoms with E-state index in [1.165, 1.54) is 129 Å². The van der Waals surface area contributed by atoms with Crippen molar-refractivity contribution >= 4 is 34.4 Å². The van der Waals surface area contributed by atoms with Gasteiger partial charge in [0.15, 0.2) is 0 Å². The maximum Gasteiger partial charge on any atom is 0.0723 e. The molecule has 0 aromatic heterocycles. The summed E-state index contributed by atoms with van der Waals surface area (Å²) in [5, 5.41) is 0. The van der Waals surface area contributed by atoms with E-state index in [9.17, 15) is 0 Å². The van der Waals surface area contributed by atoms with E-state index in [1.54, 1.807) is 0 Å². The normalized spacial score (nSPS) is 22.6. The highest BCUT2D eigenvalue weighted by atomic mass is 15.2. The van der Waals surface area contributed by atoms with Crippen molar-refractivity contribution in [2.75, 3.05) is 9.80 Å². The molecule has 6 aromatic rings. The minimum atomic E-state index is -0.427. The lowest BCUT2D eigenvalue weighted by Crippen LogP contribution is -2.35. The van der Waals surface area contributed by atoms with Crippen LogP contribution in [0, 0.1) is 0 Å². The Bertz CT molecular complexity index is 3820. The van der Waals surface area contributed by atoms with Crippen molar-refractivity contribution in [1.29, 1.82) is 0 Å². The molecular weight excluding hydrogens is 905 g/mol. The van der Waals surface area contributed by atoms with Gasteiger partial charge in [0.2, 0.25) is 0 Å². The van der Waals surface area contributed by atoms with Gasteiger partial charge < -0.3 is 9.80 Å². The van der Waals surface area contributed by atoms with Gasteiger partial charge in [-0.2, -0.15) is 0 Å². The molecule has 8 aliphatic rings. The van der Waals surface area contributed by atoms with Gasteiger partial charge in [-0.15, -0.1) is 0 Å². The SMILES string of the molecule is C=CC=CC1=C(C)N(c2ccc3c(c2)C(C)(C)C2=CC(C=Cc4ccc5c(c4)C4(C6=C(CCC=C6)c6ccccc64)c4cc(N6C7=C(CCC=C7)C(C)(C)c7ccccc76)ccc4-5)=CCC23)c2ccccc2C1(C)C. The van der Waals surface area contributed by atoms with Crippen LogP contribution in [0.5, 0.6) is 0 Å². The zero-order chi connectivity index (χ0) is 51.2. The smallest absolute Gasteiger partial charge is 0.0723 e. The first-order valence-corrected chi connectivity index (χ1v) is 27.6. The highest BCUT2D eigenvalue weighted by molar-refractivity contribution is 5.98. The van der Waals surface area contributed by atoms with E-state index in [0.29, 0.717) is 5.92 Å². The van der Waals surface area contributed by atoms with Crippen LogP contribution >= 0.6 is 0 Å². The van der Waals surface area contributed by atoms with E-state index in [-0.39, 0.29) is 16.2 Å². The van der Waals surface area contributed by atoms with Crippen molar-refractivity contribution in [2.45, 2.75) is 108 Å². The number of para-hydroxylation sites is 2. The number of benzene rings is 6. The number of anilines is 4. The molecular formula is C73H66N2. The minimum absolute atomic E-state index is 0.0406. The zero-order valence-corrected chi connectivity index (χ0v) is 44.7. The quantitative estimate of drug-likeness (QED) is 0.154. The fourth-order valence-corrected chi connectivity index (χ4v) is 15.5. The van der Waals surface area contributed by atoms with Gasteiger partial charge in [-0.25, -0.2) is 0 Å². The second kappa shape index (κ2) is 16.4. The first-order valence-electron chi connectivity index (χ1n) is 27.6. The molecule has 2 unspecified atom stereocenters. The monoisotopic (exact) mass is 971 g/mol. The van der Waals surface area contributed by atoms with Crippen LogP contribution in [0.2, 0.25) is 0 Å². The van der Waals surface area contributed by atoms with Gasteiger partial charge in [-0.1, -0.05) is 199 Å². The lowest BCUT2D eigenvalue weighted by Gasteiger charge is -2.44. The average Bonchev–Trinajstić information content (AvgIpc) is 4.01. The largest absolute Gasteiger partial charge is 0.314 e. The molecule has 2 aliphatic heterocycles. The molecule has 0 amide bonds. The van der Waals surface area contributed by atoms with Crippen LogP contribution in [0.15, 0.2) is 234 Å². The molecule has 0 radical (unpaired) electrons. The molecule has 0 saturated heterocycles. The number of rotatable bonds is 6. The van der Waals surface area contributed by atoms with E-state index in [1.807, 2.05) is 6.08 Å². The molecule has 0 N–H and O–H groups in total. The molecule has 2 heteroatoms. The highest BCUT2D eigenvalue weighted by Crippen LogP contribution is 2.65. The summed E-state index contributed by atoms with van der Waals surface area (Å²) in [5.41, 5.74) is 30.6. The molecule has 0 saturated carbocycles. The summed E-state index contributed by atoms with van der Waals surface area (Å²) >= 11 is 0. The van der Waals surface area contributed by atoms with Crippen molar-refractivity contribution in [3.05, 3.63) is 284 Å². The lowest BCUT2D eigenvalue weighted by molar-refractivity contribution is 0.570. The molecule has 0 bridgehead atoms. The van der Waals surface area contributed by atoms with E-state index in [4.69, 9.17) is 0 Å². The molecule has 368 valence electrons. The fourth-order valence-electron chi connectivity index (χ4n) is 15.5. The molecule has 14 rings (SSSR count). The van der Waals surface area contributed by atoms with Crippen molar-refractivity contribution in [3.63, 3.8) is 0 Å². The maximum absolute atomic E-state index is 4.00. The van der Waals surface area contributed by atoms with Crippen molar-refractivity contribution in [1.82, 2.24) is 0 Å². The number of nitrogens with zero attached hydrogens (tertiary/aromatic N) is 2. The predicted octanol–water partition coefficient (Wildman–Crippen LogP) is 18.9. The van der Waals surface area contributed by atoms with E-state index in [0.717, 1.165) is 32.1 Å². The molecule has 6 aliphatic carbocycles. The third-order valence-electron chi connectivity index (χ3n) is 19.0. The highest BCUT2D eigenvalue weighted by Gasteiger charge is 2.53. The van der Waals surface area contributed by atoms with Crippen LogP contribution in [-0.2, 0) is 21.7 Å². The fraction of sp³-hybridized carbons (Fsp3) is 0.233. The Hall–Kier alpha value is -7.68. The predicted molar refractivity (Wildman–Crippen MR) is 316 cm³/mol. The summed E-state index contributed by atoms with van der Waals surface area (Å²) in [6.07, 6.45) is 30.9. The standard InChI is InChI=1S/C73H66N2/c1-9-10-23-57-46(2)74(67-29-18-15-26-60(67)70(57,3)4)49-36-40-54-53-38-34-47(42-63(53)72(7,8)64(54)44-49)32-33-48-35-39-55-56-41-37-50(75-68-30-19-16-27-61(68)71(5,6)62-28-17-20-31-69(62)75)45-66(56)73(65(55)43-48)58-24-13-11-21-51(58)52-22-12-14-25-59(52)73/h9-11,13-16,18-21,23-27,29-37,39-45,53H,1,12,17,22,28,38H2,2-8H3. The van der Waals surface area contributed by atoms with Crippen molar-refractivity contribution in [3.8, 4) is 11.1 Å². The lowest BCUT2D eigenvalue weighted by atomic mass is 9.68. The first kappa shape index (κ1) is 45.9. The molecule has 2 nitrogen and oxygen atoms in total. The summed E-state index contributed by atoms with van der Waals surface area (Å²) in [6.45, 7) is 20.7. The van der Waals surface area contributed by atoms with Gasteiger partial charge in [0.25, 0.3) is 0 Å². The molecule has 1 spiro atoms. The van der Waals surface area contributed by atoms with Gasteiger partial charge in [-0.05, 0) is 177 Å². The zero-order valence-electron chi connectivity index (χ0n) is 44.7. The van der Waals surface area contributed by atoms with Gasteiger partial charge in [0.05, 0.1) is 11.1 Å². The van der Waals surface area contributed by atoms with Crippen LogP contribution in [0.25, 0.3) is 22.8 Å². The Balaban J connectivity index is 0.840. The molecule has 75 heavy (non-hydrogen) atoms. The number of hydrogen-bond donors (Lipinski definition) is 0. The maximum atomic E-state index is 4.00. The Morgan fingerprint density at radius 2 is 1.23 bits per heavy atom. The third kappa shape index (κ3) is 6.32. The topological polar surface area (TPSA) is 6.48 Å². The second-order valence-electron chi connectivity index (χ2n) is 23.8. The van der Waals surface area contributed by atoms with Crippen molar-refractivity contribution in [2.24, 2.45) is 0 Å². The summed E-state index contributed by atoms with van der Waals surface area (Å²) in [7, 11) is 0. The average molecular weight is 971 g/mol. The minimum Gasteiger partial charge on any atom is -0.314 e. The van der Waals surface area contributed by atoms with Crippen LogP contribution in [0.3, 0.4) is 0 Å². The van der Waals surface area contributed by atoms with Crippen LogP contribution in [-0.4, -0.2) is 0 Å². The molecule has 2 atom stereocenters. The summed E-state index contributed by atoms with van der Waals surface area (Å²) in [4.78, 5) is 5.07. The second-order valence-corrected chi connectivity index (χ2v) is 23.8. The van der Waals surface area contributed by atoms with Crippen molar-refractivity contribution < 1.29 is 0 Å². The van der Waals surface area contributed by atoms with Gasteiger partial charge >= 0.3 is 0 Å². The molecule has 6 aromatic carbocycles.